The van der Waals surface area contributed by atoms with Crippen molar-refractivity contribution in [2.75, 3.05) is 7.05 Å². The van der Waals surface area contributed by atoms with Crippen molar-refractivity contribution in [1.29, 1.82) is 0 Å². The molecule has 0 unspecified atom stereocenters. The highest BCUT2D eigenvalue weighted by Gasteiger charge is 2.12. The van der Waals surface area contributed by atoms with Crippen LogP contribution in [-0.4, -0.2) is 17.9 Å². The van der Waals surface area contributed by atoms with E-state index in [2.05, 4.69) is 13.0 Å². The van der Waals surface area contributed by atoms with Crippen molar-refractivity contribution >= 4 is 17.2 Å². The Morgan fingerprint density at radius 3 is 2.50 bits per heavy atom. The van der Waals surface area contributed by atoms with Gasteiger partial charge in [-0.1, -0.05) is 25.1 Å². The summed E-state index contributed by atoms with van der Waals surface area (Å²) in [5.74, 6) is 0.0750. The molecule has 1 aromatic heterocycles. The fourth-order valence-electron chi connectivity index (χ4n) is 1.81. The summed E-state index contributed by atoms with van der Waals surface area (Å²) in [5.41, 5.74) is 2.01. The molecule has 0 saturated carbocycles. The molecule has 0 saturated heterocycles. The summed E-state index contributed by atoms with van der Waals surface area (Å²) in [6, 6.07) is 11.9. The lowest BCUT2D eigenvalue weighted by Gasteiger charge is -2.16. The summed E-state index contributed by atoms with van der Waals surface area (Å²) in [6.07, 6.45) is 1.000. The molecule has 18 heavy (non-hydrogen) atoms. The van der Waals surface area contributed by atoms with Gasteiger partial charge in [-0.15, -0.1) is 11.3 Å². The molecule has 0 fully saturated rings. The van der Waals surface area contributed by atoms with Gasteiger partial charge in [-0.2, -0.15) is 0 Å². The summed E-state index contributed by atoms with van der Waals surface area (Å²) in [5, 5.41) is 2.03. The van der Waals surface area contributed by atoms with E-state index < -0.39 is 0 Å². The standard InChI is InChI=1S/C15H17NOS/c1-3-12-6-8-13(9-7-12)15(17)16(2)11-14-5-4-10-18-14/h4-10H,3,11H2,1-2H3. The summed E-state index contributed by atoms with van der Waals surface area (Å²) >= 11 is 1.68. The molecular weight excluding hydrogens is 242 g/mol. The Hall–Kier alpha value is -1.61. The van der Waals surface area contributed by atoms with Gasteiger partial charge in [0.25, 0.3) is 5.91 Å². The highest BCUT2D eigenvalue weighted by Crippen LogP contribution is 2.13. The second-order valence-corrected chi connectivity index (χ2v) is 5.32. The number of rotatable bonds is 4. The number of thiophene rings is 1. The second kappa shape index (κ2) is 5.83. The third-order valence-electron chi connectivity index (χ3n) is 2.93. The molecule has 2 aromatic rings. The van der Waals surface area contributed by atoms with E-state index in [0.29, 0.717) is 6.54 Å². The van der Waals surface area contributed by atoms with Crippen LogP contribution in [-0.2, 0) is 13.0 Å². The number of carbonyl (C=O) groups is 1. The van der Waals surface area contributed by atoms with Gasteiger partial charge >= 0.3 is 0 Å². The third kappa shape index (κ3) is 2.99. The van der Waals surface area contributed by atoms with E-state index in [4.69, 9.17) is 0 Å². The van der Waals surface area contributed by atoms with Gasteiger partial charge in [0.05, 0.1) is 6.54 Å². The molecule has 0 radical (unpaired) electrons. The normalized spacial score (nSPS) is 10.3. The van der Waals surface area contributed by atoms with Crippen molar-refractivity contribution in [1.82, 2.24) is 4.90 Å². The maximum Gasteiger partial charge on any atom is 0.253 e. The molecule has 1 aromatic carbocycles. The topological polar surface area (TPSA) is 20.3 Å². The summed E-state index contributed by atoms with van der Waals surface area (Å²) in [4.78, 5) is 15.2. The van der Waals surface area contributed by atoms with Crippen LogP contribution in [0.1, 0.15) is 27.7 Å². The first-order valence-corrected chi connectivity index (χ1v) is 6.95. The number of aryl methyl sites for hydroxylation is 1. The number of benzene rings is 1. The fourth-order valence-corrected chi connectivity index (χ4v) is 2.57. The van der Waals surface area contributed by atoms with E-state index >= 15 is 0 Å². The van der Waals surface area contributed by atoms with Crippen LogP contribution in [0.5, 0.6) is 0 Å². The van der Waals surface area contributed by atoms with Crippen LogP contribution >= 0.6 is 11.3 Å². The van der Waals surface area contributed by atoms with E-state index in [9.17, 15) is 4.79 Å². The number of hydrogen-bond acceptors (Lipinski definition) is 2. The number of amides is 1. The first-order chi connectivity index (χ1) is 8.70. The van der Waals surface area contributed by atoms with E-state index in [1.165, 1.54) is 10.4 Å². The Balaban J connectivity index is 2.05. The van der Waals surface area contributed by atoms with E-state index in [0.717, 1.165) is 12.0 Å². The highest BCUT2D eigenvalue weighted by atomic mass is 32.1. The Morgan fingerprint density at radius 2 is 1.94 bits per heavy atom. The summed E-state index contributed by atoms with van der Waals surface area (Å²) in [7, 11) is 1.84. The SMILES string of the molecule is CCc1ccc(C(=O)N(C)Cc2cccs2)cc1. The lowest BCUT2D eigenvalue weighted by atomic mass is 10.1. The van der Waals surface area contributed by atoms with E-state index in [1.807, 2.05) is 42.8 Å². The van der Waals surface area contributed by atoms with Crippen molar-refractivity contribution in [3.8, 4) is 0 Å². The van der Waals surface area contributed by atoms with Gasteiger partial charge in [0.15, 0.2) is 0 Å². The molecule has 3 heteroatoms. The second-order valence-electron chi connectivity index (χ2n) is 4.29. The molecule has 0 spiro atoms. The quantitative estimate of drug-likeness (QED) is 0.821. The predicted molar refractivity (Wildman–Crippen MR) is 75.9 cm³/mol. The van der Waals surface area contributed by atoms with Crippen molar-refractivity contribution in [3.05, 3.63) is 57.8 Å². The first-order valence-electron chi connectivity index (χ1n) is 6.07. The molecule has 2 rings (SSSR count). The average Bonchev–Trinajstić information content (AvgIpc) is 2.91. The molecule has 0 atom stereocenters. The van der Waals surface area contributed by atoms with Crippen molar-refractivity contribution in [3.63, 3.8) is 0 Å². The zero-order chi connectivity index (χ0) is 13.0. The van der Waals surface area contributed by atoms with Crippen LogP contribution < -0.4 is 0 Å². The monoisotopic (exact) mass is 259 g/mol. The minimum Gasteiger partial charge on any atom is -0.337 e. The van der Waals surface area contributed by atoms with Gasteiger partial charge in [0.1, 0.15) is 0 Å². The maximum absolute atomic E-state index is 12.2. The van der Waals surface area contributed by atoms with Crippen LogP contribution in [0.2, 0.25) is 0 Å². The molecule has 1 heterocycles. The van der Waals surface area contributed by atoms with Crippen LogP contribution in [0.3, 0.4) is 0 Å². The first kappa shape index (κ1) is 12.8. The molecular formula is C15H17NOS. The third-order valence-corrected chi connectivity index (χ3v) is 3.79. The molecule has 1 amide bonds. The van der Waals surface area contributed by atoms with Gasteiger partial charge in [-0.05, 0) is 35.6 Å². The lowest BCUT2D eigenvalue weighted by molar-refractivity contribution is 0.0786. The summed E-state index contributed by atoms with van der Waals surface area (Å²) in [6.45, 7) is 2.78. The highest BCUT2D eigenvalue weighted by molar-refractivity contribution is 7.09. The van der Waals surface area contributed by atoms with Crippen molar-refractivity contribution < 1.29 is 4.79 Å². The van der Waals surface area contributed by atoms with Crippen molar-refractivity contribution in [2.24, 2.45) is 0 Å². The number of hydrogen-bond donors (Lipinski definition) is 0. The Morgan fingerprint density at radius 1 is 1.22 bits per heavy atom. The molecule has 0 N–H and O–H groups in total. The van der Waals surface area contributed by atoms with Crippen LogP contribution in [0.25, 0.3) is 0 Å². The van der Waals surface area contributed by atoms with Gasteiger partial charge in [-0.3, -0.25) is 4.79 Å². The molecule has 2 nitrogen and oxygen atoms in total. The van der Waals surface area contributed by atoms with Crippen LogP contribution in [0.15, 0.2) is 41.8 Å². The zero-order valence-corrected chi connectivity index (χ0v) is 11.5. The maximum atomic E-state index is 12.2. The Kier molecular flexibility index (Phi) is 4.15. The zero-order valence-electron chi connectivity index (χ0n) is 10.7. The lowest BCUT2D eigenvalue weighted by Crippen LogP contribution is -2.25. The minimum absolute atomic E-state index is 0.0750. The molecule has 0 aliphatic heterocycles. The molecule has 94 valence electrons. The van der Waals surface area contributed by atoms with Gasteiger partial charge in [0, 0.05) is 17.5 Å². The van der Waals surface area contributed by atoms with E-state index in [-0.39, 0.29) is 5.91 Å². The Bertz CT molecular complexity index is 502. The number of nitrogens with zero attached hydrogens (tertiary/aromatic N) is 1. The van der Waals surface area contributed by atoms with Gasteiger partial charge in [-0.25, -0.2) is 0 Å². The fraction of sp³-hybridized carbons (Fsp3) is 0.267. The minimum atomic E-state index is 0.0750. The predicted octanol–water partition coefficient (Wildman–Crippen LogP) is 3.58. The average molecular weight is 259 g/mol. The summed E-state index contributed by atoms with van der Waals surface area (Å²) < 4.78 is 0. The molecule has 0 aliphatic carbocycles. The Labute approximate surface area is 112 Å². The van der Waals surface area contributed by atoms with Gasteiger partial charge in [0.2, 0.25) is 0 Å². The van der Waals surface area contributed by atoms with E-state index in [1.54, 1.807) is 16.2 Å². The van der Waals surface area contributed by atoms with Crippen LogP contribution in [0, 0.1) is 0 Å². The molecule has 0 bridgehead atoms. The number of carbonyl (C=O) groups excluding carboxylic acids is 1. The largest absolute Gasteiger partial charge is 0.337 e. The van der Waals surface area contributed by atoms with Gasteiger partial charge < -0.3 is 4.90 Å². The smallest absolute Gasteiger partial charge is 0.253 e. The van der Waals surface area contributed by atoms with Crippen molar-refractivity contribution in [2.45, 2.75) is 19.9 Å². The van der Waals surface area contributed by atoms with Crippen LogP contribution in [0.4, 0.5) is 0 Å². The molecule has 0 aliphatic rings.